The number of piperidine rings is 1. The van der Waals surface area contributed by atoms with Crippen LogP contribution in [0.25, 0.3) is 0 Å². The number of hydrogen-bond donors (Lipinski definition) is 1. The van der Waals surface area contributed by atoms with Gasteiger partial charge in [-0.3, -0.25) is 4.99 Å². The molecule has 2 aromatic heterocycles. The van der Waals surface area contributed by atoms with Crippen LogP contribution in [0.4, 0.5) is 27.8 Å². The number of nitrogens with zero attached hydrogens (tertiary/aromatic N) is 4. The number of benzene rings is 1. The number of aliphatic imine (C=N–C) groups is 1. The van der Waals surface area contributed by atoms with Crippen molar-refractivity contribution in [2.45, 2.75) is 58.4 Å². The van der Waals surface area contributed by atoms with E-state index in [4.69, 9.17) is 21.1 Å². The van der Waals surface area contributed by atoms with Gasteiger partial charge in [-0.25, -0.2) is 28.3 Å². The lowest BCUT2D eigenvalue weighted by Gasteiger charge is -2.37. The fourth-order valence-electron chi connectivity index (χ4n) is 5.42. The number of nitrogens with one attached hydrogen (secondary N) is 1. The molecule has 1 atom stereocenters. The summed E-state index contributed by atoms with van der Waals surface area (Å²) in [5.74, 6) is -4.33. The monoisotopic (exact) mass is 711 g/mol. The fourth-order valence-corrected chi connectivity index (χ4v) is 6.27. The maximum absolute atomic E-state index is 14.7. The molecule has 48 heavy (non-hydrogen) atoms. The molecular weight excluding hydrogens is 681 g/mol. The van der Waals surface area contributed by atoms with Crippen LogP contribution in [0.5, 0.6) is 0 Å². The average molecular weight is 712 g/mol. The number of anilines is 1. The van der Waals surface area contributed by atoms with Crippen molar-refractivity contribution in [2.24, 2.45) is 10.9 Å². The zero-order valence-electron chi connectivity index (χ0n) is 26.3. The Balaban J connectivity index is 1.52. The molecule has 0 aliphatic carbocycles. The summed E-state index contributed by atoms with van der Waals surface area (Å²) >= 11 is 7.52. The molecule has 0 spiro atoms. The Morgan fingerprint density at radius 1 is 1.10 bits per heavy atom. The number of rotatable bonds is 7. The number of ether oxygens (including phenoxy) is 2. The van der Waals surface area contributed by atoms with Crippen LogP contribution < -0.4 is 10.2 Å². The molecule has 1 fully saturated rings. The van der Waals surface area contributed by atoms with E-state index in [-0.39, 0.29) is 48.0 Å². The SMILES string of the molecule is CCOC(=O)C1=C(C2CCN(c3cc(C(=O)OC(C)(C)C)cc(C(F)(F)F)n3)CC2)NC(c2nccs2)=NC1c1ccc(F)c(F)c1Cl. The molecule has 3 aromatic rings. The maximum Gasteiger partial charge on any atom is 0.433 e. The van der Waals surface area contributed by atoms with Gasteiger partial charge in [0.15, 0.2) is 22.5 Å². The third-order valence-corrected chi connectivity index (χ3v) is 8.69. The Hall–Kier alpha value is -4.11. The Labute approximate surface area is 281 Å². The quantitative estimate of drug-likeness (QED) is 0.155. The van der Waals surface area contributed by atoms with Crippen LogP contribution in [0.2, 0.25) is 5.02 Å². The molecule has 5 rings (SSSR count). The summed E-state index contributed by atoms with van der Waals surface area (Å²) in [7, 11) is 0. The minimum atomic E-state index is -4.82. The van der Waals surface area contributed by atoms with Crippen molar-refractivity contribution in [3.05, 3.63) is 85.6 Å². The molecule has 2 aliphatic heterocycles. The van der Waals surface area contributed by atoms with E-state index in [1.54, 1.807) is 44.2 Å². The van der Waals surface area contributed by atoms with E-state index in [1.165, 1.54) is 23.5 Å². The van der Waals surface area contributed by atoms with Crippen molar-refractivity contribution >= 4 is 46.5 Å². The Bertz CT molecular complexity index is 1770. The first-order chi connectivity index (χ1) is 22.6. The van der Waals surface area contributed by atoms with E-state index in [1.807, 2.05) is 0 Å². The molecule has 9 nitrogen and oxygen atoms in total. The van der Waals surface area contributed by atoms with Crippen LogP contribution in [0, 0.1) is 17.6 Å². The van der Waals surface area contributed by atoms with Crippen LogP contribution in [0.15, 0.2) is 52.1 Å². The summed E-state index contributed by atoms with van der Waals surface area (Å²) in [6.45, 7) is 6.83. The molecule has 256 valence electrons. The Morgan fingerprint density at radius 3 is 2.42 bits per heavy atom. The van der Waals surface area contributed by atoms with E-state index < -0.39 is 58.0 Å². The van der Waals surface area contributed by atoms with Crippen molar-refractivity contribution in [2.75, 3.05) is 24.6 Å². The largest absolute Gasteiger partial charge is 0.463 e. The highest BCUT2D eigenvalue weighted by Crippen LogP contribution is 2.41. The first kappa shape index (κ1) is 35.2. The summed E-state index contributed by atoms with van der Waals surface area (Å²) in [6, 6.07) is 2.88. The van der Waals surface area contributed by atoms with Gasteiger partial charge in [0.1, 0.15) is 23.2 Å². The van der Waals surface area contributed by atoms with Gasteiger partial charge in [-0.05, 0) is 58.7 Å². The molecule has 2 aliphatic rings. The van der Waals surface area contributed by atoms with E-state index in [2.05, 4.69) is 20.3 Å². The lowest BCUT2D eigenvalue weighted by atomic mass is 9.85. The van der Waals surface area contributed by atoms with Crippen molar-refractivity contribution in [1.82, 2.24) is 15.3 Å². The normalized spacial score (nSPS) is 17.6. The zero-order chi connectivity index (χ0) is 35.0. The summed E-state index contributed by atoms with van der Waals surface area (Å²) < 4.78 is 81.0. The molecule has 0 amide bonds. The van der Waals surface area contributed by atoms with E-state index in [0.29, 0.717) is 29.6 Å². The van der Waals surface area contributed by atoms with Crippen LogP contribution in [0.1, 0.15) is 73.2 Å². The summed E-state index contributed by atoms with van der Waals surface area (Å²) in [5.41, 5.74) is -2.00. The van der Waals surface area contributed by atoms with Gasteiger partial charge in [0.05, 0.1) is 22.8 Å². The van der Waals surface area contributed by atoms with Crippen molar-refractivity contribution < 1.29 is 41.0 Å². The van der Waals surface area contributed by atoms with Gasteiger partial charge < -0.3 is 19.7 Å². The van der Waals surface area contributed by atoms with Crippen LogP contribution >= 0.6 is 22.9 Å². The number of alkyl halides is 3. The Kier molecular flexibility index (Phi) is 10.1. The molecule has 1 N–H and O–H groups in total. The average Bonchev–Trinajstić information content (AvgIpc) is 3.57. The second-order valence-corrected chi connectivity index (χ2v) is 13.3. The molecule has 1 unspecified atom stereocenters. The first-order valence-corrected chi connectivity index (χ1v) is 16.2. The number of pyridine rings is 1. The Morgan fingerprint density at radius 2 is 1.81 bits per heavy atom. The van der Waals surface area contributed by atoms with E-state index >= 15 is 0 Å². The van der Waals surface area contributed by atoms with Gasteiger partial charge in [-0.2, -0.15) is 13.2 Å². The second kappa shape index (κ2) is 13.8. The lowest BCUT2D eigenvalue weighted by Crippen LogP contribution is -2.42. The number of esters is 2. The second-order valence-electron chi connectivity index (χ2n) is 12.0. The predicted octanol–water partition coefficient (Wildman–Crippen LogP) is 7.27. The molecule has 4 heterocycles. The minimum Gasteiger partial charge on any atom is -0.463 e. The smallest absolute Gasteiger partial charge is 0.433 e. The molecule has 16 heteroatoms. The lowest BCUT2D eigenvalue weighted by molar-refractivity contribution is -0.141. The summed E-state index contributed by atoms with van der Waals surface area (Å²) in [5, 5.41) is 4.84. The molecular formula is C32H31ClF5N5O4S. The van der Waals surface area contributed by atoms with Gasteiger partial charge in [-0.1, -0.05) is 17.7 Å². The number of carbonyl (C=O) groups is 2. The number of allylic oxidation sites excluding steroid dienone is 1. The highest BCUT2D eigenvalue weighted by Gasteiger charge is 2.39. The number of carbonyl (C=O) groups excluding carboxylic acids is 2. The standard InChI is InChI=1S/C32H31ClF5N5O4S/c1-5-46-30(45)22-25(41-27(28-39-10-13-48-28)42-26(22)18-6-7-19(34)24(35)23(18)33)16-8-11-43(12-9-16)21-15-17(29(44)47-31(2,3)4)14-20(40-21)32(36,37)38/h6-7,10,13-16,26H,5,8-9,11-12H2,1-4H3,(H,41,42). The molecule has 0 bridgehead atoms. The van der Waals surface area contributed by atoms with E-state index in [0.717, 1.165) is 6.07 Å². The number of thiazole rings is 1. The minimum absolute atomic E-state index is 0.0105. The first-order valence-electron chi connectivity index (χ1n) is 14.9. The predicted molar refractivity (Wildman–Crippen MR) is 169 cm³/mol. The van der Waals surface area contributed by atoms with Crippen LogP contribution in [0.3, 0.4) is 0 Å². The van der Waals surface area contributed by atoms with Crippen molar-refractivity contribution in [3.63, 3.8) is 0 Å². The summed E-state index contributed by atoms with van der Waals surface area (Å²) in [4.78, 5) is 40.7. The maximum atomic E-state index is 14.7. The number of hydrogen-bond acceptors (Lipinski definition) is 10. The zero-order valence-corrected chi connectivity index (χ0v) is 27.8. The van der Waals surface area contributed by atoms with Crippen LogP contribution in [-0.4, -0.2) is 53.0 Å². The third kappa shape index (κ3) is 7.62. The van der Waals surface area contributed by atoms with Gasteiger partial charge in [0, 0.05) is 41.8 Å². The highest BCUT2D eigenvalue weighted by atomic mass is 35.5. The van der Waals surface area contributed by atoms with Crippen molar-refractivity contribution in [1.29, 1.82) is 0 Å². The number of amidine groups is 1. The van der Waals surface area contributed by atoms with E-state index in [9.17, 15) is 31.5 Å². The topological polar surface area (TPSA) is 106 Å². The number of halogens is 6. The molecule has 1 aromatic carbocycles. The van der Waals surface area contributed by atoms with Crippen LogP contribution in [-0.2, 0) is 20.4 Å². The van der Waals surface area contributed by atoms with Crippen molar-refractivity contribution in [3.8, 4) is 0 Å². The molecule has 0 saturated carbocycles. The number of aromatic nitrogens is 2. The molecule has 1 saturated heterocycles. The molecule has 0 radical (unpaired) electrons. The van der Waals surface area contributed by atoms with Gasteiger partial charge >= 0.3 is 18.1 Å². The van der Waals surface area contributed by atoms with Gasteiger partial charge in [0.2, 0.25) is 0 Å². The third-order valence-electron chi connectivity index (χ3n) is 7.53. The highest BCUT2D eigenvalue weighted by molar-refractivity contribution is 7.11. The van der Waals surface area contributed by atoms with Gasteiger partial charge in [-0.15, -0.1) is 11.3 Å². The fraction of sp³-hybridized carbons (Fsp3) is 0.406. The summed E-state index contributed by atoms with van der Waals surface area (Å²) in [6.07, 6.45) is -2.64. The van der Waals surface area contributed by atoms with Gasteiger partial charge in [0.25, 0.3) is 0 Å².